The van der Waals surface area contributed by atoms with Crippen molar-refractivity contribution in [3.63, 3.8) is 0 Å². The maximum atomic E-state index is 11.0. The molecule has 3 atom stereocenters. The molecule has 1 aromatic heterocycles. The van der Waals surface area contributed by atoms with Gasteiger partial charge in [0.25, 0.3) is 0 Å². The van der Waals surface area contributed by atoms with Crippen LogP contribution in [-0.2, 0) is 12.8 Å². The smallest absolute Gasteiger partial charge is 0.174 e. The van der Waals surface area contributed by atoms with Crippen LogP contribution in [0.25, 0.3) is 0 Å². The quantitative estimate of drug-likeness (QED) is 0.421. The van der Waals surface area contributed by atoms with Crippen molar-refractivity contribution in [2.24, 2.45) is 5.92 Å². The Morgan fingerprint density at radius 1 is 1.09 bits per heavy atom. The summed E-state index contributed by atoms with van der Waals surface area (Å²) in [5, 5.41) is 35.7. The van der Waals surface area contributed by atoms with Gasteiger partial charge in [0.1, 0.15) is 17.1 Å². The number of aliphatic hydroxyl groups is 1. The summed E-state index contributed by atoms with van der Waals surface area (Å²) in [6.45, 7) is 4.12. The van der Waals surface area contributed by atoms with Crippen LogP contribution in [0, 0.1) is 5.92 Å². The molecule has 0 amide bonds. The molecular weight excluding hydrogens is 416 g/mol. The Kier molecular flexibility index (Phi) is 7.08. The standard InChI is InChI=1S/C26H32N4O3/c1-26(2,33-19-9-4-3-5-10-19)17-7-12-21-20(14-15-23(21)31)22-11-6-8-18(25(22)32)13-16-24-27-29-30-28-24/h3-12,20-21,23,31-32H,13-17H2,1-2H3,(H,27,28,29,30)/b12-7+/t20-,21?,23+/m0/s1. The molecule has 4 rings (SSSR count). The van der Waals surface area contributed by atoms with Gasteiger partial charge in [0.05, 0.1) is 6.10 Å². The third-order valence-electron chi connectivity index (χ3n) is 6.34. The minimum Gasteiger partial charge on any atom is -0.507 e. The van der Waals surface area contributed by atoms with Crippen LogP contribution in [0.4, 0.5) is 0 Å². The Hall–Kier alpha value is -3.19. The Bertz CT molecular complexity index is 1050. The molecule has 0 saturated heterocycles. The zero-order valence-corrected chi connectivity index (χ0v) is 19.2. The number of tetrazole rings is 1. The third kappa shape index (κ3) is 5.79. The highest BCUT2D eigenvalue weighted by Crippen LogP contribution is 2.44. The van der Waals surface area contributed by atoms with E-state index in [1.165, 1.54) is 0 Å². The highest BCUT2D eigenvalue weighted by atomic mass is 16.5. The van der Waals surface area contributed by atoms with Crippen molar-refractivity contribution in [2.75, 3.05) is 0 Å². The van der Waals surface area contributed by atoms with Crippen LogP contribution in [0.15, 0.2) is 60.7 Å². The first-order valence-corrected chi connectivity index (χ1v) is 11.5. The van der Waals surface area contributed by atoms with Gasteiger partial charge in [-0.15, -0.1) is 10.2 Å². The van der Waals surface area contributed by atoms with Gasteiger partial charge < -0.3 is 14.9 Å². The molecule has 1 saturated carbocycles. The number of hydrogen-bond donors (Lipinski definition) is 3. The van der Waals surface area contributed by atoms with E-state index < -0.39 is 6.10 Å². The van der Waals surface area contributed by atoms with E-state index in [4.69, 9.17) is 4.74 Å². The van der Waals surface area contributed by atoms with Gasteiger partial charge in [-0.25, -0.2) is 0 Å². The molecule has 7 heteroatoms. The lowest BCUT2D eigenvalue weighted by Gasteiger charge is -2.26. The monoisotopic (exact) mass is 448 g/mol. The number of para-hydroxylation sites is 2. The second-order valence-electron chi connectivity index (χ2n) is 9.32. The largest absolute Gasteiger partial charge is 0.507 e. The predicted molar refractivity (Wildman–Crippen MR) is 126 cm³/mol. The number of phenolic OH excluding ortho intramolecular Hbond substituents is 1. The van der Waals surface area contributed by atoms with Crippen molar-refractivity contribution >= 4 is 0 Å². The van der Waals surface area contributed by atoms with Gasteiger partial charge in [0.2, 0.25) is 0 Å². The molecule has 33 heavy (non-hydrogen) atoms. The number of phenols is 1. The zero-order valence-electron chi connectivity index (χ0n) is 19.2. The summed E-state index contributed by atoms with van der Waals surface area (Å²) in [4.78, 5) is 0. The first kappa shape index (κ1) is 23.0. The fourth-order valence-corrected chi connectivity index (χ4v) is 4.63. The molecule has 0 radical (unpaired) electrons. The van der Waals surface area contributed by atoms with Crippen LogP contribution < -0.4 is 4.74 Å². The lowest BCUT2D eigenvalue weighted by molar-refractivity contribution is 0.112. The summed E-state index contributed by atoms with van der Waals surface area (Å²) < 4.78 is 6.13. The van der Waals surface area contributed by atoms with Gasteiger partial charge >= 0.3 is 0 Å². The minimum atomic E-state index is -0.424. The molecule has 3 aromatic rings. The fourth-order valence-electron chi connectivity index (χ4n) is 4.63. The number of nitrogens with zero attached hydrogens (tertiary/aromatic N) is 3. The summed E-state index contributed by atoms with van der Waals surface area (Å²) in [5.74, 6) is 1.80. The SMILES string of the molecule is CC(C)(C/C=C/C1[C@H](O)CC[C@@H]1c1cccc(CCc2nn[nH]n2)c1O)Oc1ccccc1. The number of aromatic hydroxyl groups is 1. The number of aromatic amines is 1. The van der Waals surface area contributed by atoms with Gasteiger partial charge in [0, 0.05) is 18.8 Å². The average Bonchev–Trinajstić information content (AvgIpc) is 3.44. The molecule has 174 valence electrons. The fraction of sp³-hybridized carbons (Fsp3) is 0.423. The first-order valence-electron chi connectivity index (χ1n) is 11.5. The zero-order chi connectivity index (χ0) is 23.3. The van der Waals surface area contributed by atoms with E-state index in [1.54, 1.807) is 0 Å². The Labute approximate surface area is 194 Å². The number of ether oxygens (including phenoxy) is 1. The number of rotatable bonds is 9. The minimum absolute atomic E-state index is 0.0455. The lowest BCUT2D eigenvalue weighted by Crippen LogP contribution is -2.27. The lowest BCUT2D eigenvalue weighted by atomic mass is 9.85. The molecule has 2 aromatic carbocycles. The van der Waals surface area contributed by atoms with E-state index >= 15 is 0 Å². The first-order chi connectivity index (χ1) is 15.9. The van der Waals surface area contributed by atoms with Crippen LogP contribution in [-0.4, -0.2) is 42.5 Å². The van der Waals surface area contributed by atoms with E-state index in [0.717, 1.165) is 29.7 Å². The number of hydrogen-bond acceptors (Lipinski definition) is 6. The molecular formula is C26H32N4O3. The number of aliphatic hydroxyl groups excluding tert-OH is 1. The number of aromatic nitrogens is 4. The van der Waals surface area contributed by atoms with Gasteiger partial charge in [0.15, 0.2) is 5.82 Å². The Morgan fingerprint density at radius 2 is 1.91 bits per heavy atom. The van der Waals surface area contributed by atoms with Gasteiger partial charge in [-0.05, 0) is 62.3 Å². The van der Waals surface area contributed by atoms with Crippen LogP contribution in [0.2, 0.25) is 0 Å². The molecule has 0 aliphatic heterocycles. The molecule has 0 spiro atoms. The topological polar surface area (TPSA) is 104 Å². The van der Waals surface area contributed by atoms with E-state index in [-0.39, 0.29) is 17.4 Å². The van der Waals surface area contributed by atoms with Gasteiger partial charge in [-0.2, -0.15) is 5.21 Å². The second-order valence-corrected chi connectivity index (χ2v) is 9.32. The van der Waals surface area contributed by atoms with Crippen LogP contribution in [0.5, 0.6) is 11.5 Å². The Balaban J connectivity index is 1.44. The Morgan fingerprint density at radius 3 is 2.67 bits per heavy atom. The summed E-state index contributed by atoms with van der Waals surface area (Å²) in [5.41, 5.74) is 1.39. The van der Waals surface area contributed by atoms with Crippen molar-refractivity contribution in [3.8, 4) is 11.5 Å². The van der Waals surface area contributed by atoms with Gasteiger partial charge in [-0.3, -0.25) is 0 Å². The molecule has 1 fully saturated rings. The maximum Gasteiger partial charge on any atom is 0.174 e. The molecule has 1 heterocycles. The number of benzene rings is 2. The van der Waals surface area contributed by atoms with Crippen LogP contribution in [0.1, 0.15) is 56.0 Å². The number of aryl methyl sites for hydroxylation is 2. The number of H-pyrrole nitrogens is 1. The van der Waals surface area contributed by atoms with E-state index in [2.05, 4.69) is 46.6 Å². The molecule has 0 bridgehead atoms. The second kappa shape index (κ2) is 10.2. The van der Waals surface area contributed by atoms with E-state index in [9.17, 15) is 10.2 Å². The van der Waals surface area contributed by atoms with Crippen molar-refractivity contribution in [1.82, 2.24) is 20.6 Å². The molecule has 1 aliphatic carbocycles. The maximum absolute atomic E-state index is 11.0. The van der Waals surface area contributed by atoms with Crippen molar-refractivity contribution in [3.05, 3.63) is 77.6 Å². The normalized spacial score (nSPS) is 21.0. The van der Waals surface area contributed by atoms with E-state index in [1.807, 2.05) is 48.5 Å². The molecule has 3 N–H and O–H groups in total. The average molecular weight is 449 g/mol. The predicted octanol–water partition coefficient (Wildman–Crippen LogP) is 4.35. The summed E-state index contributed by atoms with van der Waals surface area (Å²) in [7, 11) is 0. The molecule has 7 nitrogen and oxygen atoms in total. The van der Waals surface area contributed by atoms with Crippen LogP contribution in [0.3, 0.4) is 0 Å². The van der Waals surface area contributed by atoms with Crippen molar-refractivity contribution in [2.45, 2.75) is 63.6 Å². The van der Waals surface area contributed by atoms with Gasteiger partial charge in [-0.1, -0.05) is 53.8 Å². The summed E-state index contributed by atoms with van der Waals surface area (Å²) >= 11 is 0. The van der Waals surface area contributed by atoms with Crippen LogP contribution >= 0.6 is 0 Å². The number of nitrogens with one attached hydrogen (secondary N) is 1. The molecule has 1 aliphatic rings. The van der Waals surface area contributed by atoms with Crippen molar-refractivity contribution < 1.29 is 14.9 Å². The highest BCUT2D eigenvalue weighted by molar-refractivity contribution is 5.44. The summed E-state index contributed by atoms with van der Waals surface area (Å²) in [6.07, 6.45) is 7.27. The summed E-state index contributed by atoms with van der Waals surface area (Å²) in [6, 6.07) is 15.7. The molecule has 1 unspecified atom stereocenters. The third-order valence-corrected chi connectivity index (χ3v) is 6.34. The van der Waals surface area contributed by atoms with Crippen molar-refractivity contribution in [1.29, 1.82) is 0 Å². The highest BCUT2D eigenvalue weighted by Gasteiger charge is 2.36. The van der Waals surface area contributed by atoms with E-state index in [0.29, 0.717) is 30.8 Å².